The smallest absolute Gasteiger partial charge is 0.131 e. The lowest BCUT2D eigenvalue weighted by Crippen LogP contribution is -2.44. The SMILES string of the molecule is COc1ccc([C@H](C)N[C@]2(C)CCOC2)c(F)c1. The maximum absolute atomic E-state index is 13.9. The summed E-state index contributed by atoms with van der Waals surface area (Å²) >= 11 is 0. The molecule has 0 aromatic heterocycles. The van der Waals surface area contributed by atoms with Crippen LogP contribution in [0.5, 0.6) is 5.75 Å². The van der Waals surface area contributed by atoms with E-state index in [4.69, 9.17) is 9.47 Å². The molecule has 1 N–H and O–H groups in total. The third kappa shape index (κ3) is 2.82. The van der Waals surface area contributed by atoms with E-state index in [-0.39, 0.29) is 17.4 Å². The minimum atomic E-state index is -0.239. The largest absolute Gasteiger partial charge is 0.497 e. The number of methoxy groups -OCH3 is 1. The van der Waals surface area contributed by atoms with Gasteiger partial charge in [-0.3, -0.25) is 0 Å². The Morgan fingerprint density at radius 3 is 2.83 bits per heavy atom. The van der Waals surface area contributed by atoms with Crippen molar-refractivity contribution >= 4 is 0 Å². The molecular formula is C14H20FNO2. The average molecular weight is 253 g/mol. The minimum absolute atomic E-state index is 0.0531. The van der Waals surface area contributed by atoms with Crippen LogP contribution >= 0.6 is 0 Å². The van der Waals surface area contributed by atoms with Gasteiger partial charge in [-0.15, -0.1) is 0 Å². The van der Waals surface area contributed by atoms with E-state index in [2.05, 4.69) is 12.2 Å². The lowest BCUT2D eigenvalue weighted by molar-refractivity contribution is 0.167. The Kier molecular flexibility index (Phi) is 3.88. The highest BCUT2D eigenvalue weighted by Crippen LogP contribution is 2.26. The molecule has 0 radical (unpaired) electrons. The van der Waals surface area contributed by atoms with Crippen LogP contribution in [0.3, 0.4) is 0 Å². The van der Waals surface area contributed by atoms with Crippen molar-refractivity contribution in [2.24, 2.45) is 0 Å². The van der Waals surface area contributed by atoms with Crippen LogP contribution < -0.4 is 10.1 Å². The second kappa shape index (κ2) is 5.24. The lowest BCUT2D eigenvalue weighted by Gasteiger charge is -2.28. The van der Waals surface area contributed by atoms with E-state index in [1.54, 1.807) is 12.1 Å². The predicted octanol–water partition coefficient (Wildman–Crippen LogP) is 2.66. The normalized spacial score (nSPS) is 25.1. The number of hydrogen-bond acceptors (Lipinski definition) is 3. The molecule has 0 spiro atoms. The molecule has 1 aromatic carbocycles. The Labute approximate surface area is 107 Å². The molecule has 0 bridgehead atoms. The first-order valence-electron chi connectivity index (χ1n) is 6.23. The molecule has 18 heavy (non-hydrogen) atoms. The van der Waals surface area contributed by atoms with Crippen molar-refractivity contribution in [2.45, 2.75) is 31.8 Å². The van der Waals surface area contributed by atoms with Crippen molar-refractivity contribution in [1.82, 2.24) is 5.32 Å². The fourth-order valence-corrected chi connectivity index (χ4v) is 2.37. The summed E-state index contributed by atoms with van der Waals surface area (Å²) in [5.41, 5.74) is 0.593. The predicted molar refractivity (Wildman–Crippen MR) is 68.3 cm³/mol. The van der Waals surface area contributed by atoms with Gasteiger partial charge in [-0.2, -0.15) is 0 Å². The van der Waals surface area contributed by atoms with E-state index in [1.165, 1.54) is 13.2 Å². The molecule has 0 aliphatic carbocycles. The van der Waals surface area contributed by atoms with Crippen LogP contribution in [-0.4, -0.2) is 25.9 Å². The number of hydrogen-bond donors (Lipinski definition) is 1. The summed E-state index contributed by atoms with van der Waals surface area (Å²) in [7, 11) is 1.53. The standard InChI is InChI=1S/C14H20FNO2/c1-10(16-14(2)6-7-18-9-14)12-5-4-11(17-3)8-13(12)15/h4-5,8,10,16H,6-7,9H2,1-3H3/t10-,14+/m0/s1. The first-order valence-corrected chi connectivity index (χ1v) is 6.23. The highest BCUT2D eigenvalue weighted by molar-refractivity contribution is 5.30. The third-order valence-corrected chi connectivity index (χ3v) is 3.46. The second-order valence-electron chi connectivity index (χ2n) is 5.12. The summed E-state index contributed by atoms with van der Waals surface area (Å²) in [6, 6.07) is 4.92. The van der Waals surface area contributed by atoms with Gasteiger partial charge in [-0.1, -0.05) is 6.07 Å². The van der Waals surface area contributed by atoms with Crippen molar-refractivity contribution in [3.8, 4) is 5.75 Å². The molecule has 100 valence electrons. The zero-order chi connectivity index (χ0) is 13.2. The summed E-state index contributed by atoms with van der Waals surface area (Å²) in [4.78, 5) is 0. The molecule has 1 aliphatic rings. The van der Waals surface area contributed by atoms with Crippen LogP contribution in [0.4, 0.5) is 4.39 Å². The molecular weight excluding hydrogens is 233 g/mol. The molecule has 1 aliphatic heterocycles. The van der Waals surface area contributed by atoms with Crippen molar-refractivity contribution in [1.29, 1.82) is 0 Å². The van der Waals surface area contributed by atoms with E-state index >= 15 is 0 Å². The summed E-state index contributed by atoms with van der Waals surface area (Å²) in [6.07, 6.45) is 0.953. The van der Waals surface area contributed by atoms with E-state index in [9.17, 15) is 4.39 Å². The van der Waals surface area contributed by atoms with Crippen LogP contribution in [0.25, 0.3) is 0 Å². The van der Waals surface area contributed by atoms with Crippen LogP contribution in [0.1, 0.15) is 31.9 Å². The maximum atomic E-state index is 13.9. The fraction of sp³-hybridized carbons (Fsp3) is 0.571. The second-order valence-corrected chi connectivity index (χ2v) is 5.12. The maximum Gasteiger partial charge on any atom is 0.131 e. The molecule has 0 amide bonds. The first-order chi connectivity index (χ1) is 8.54. The highest BCUT2D eigenvalue weighted by atomic mass is 19.1. The van der Waals surface area contributed by atoms with Crippen LogP contribution in [0, 0.1) is 5.82 Å². The van der Waals surface area contributed by atoms with Gasteiger partial charge in [0.25, 0.3) is 0 Å². The van der Waals surface area contributed by atoms with Crippen molar-refractivity contribution in [3.05, 3.63) is 29.6 Å². The van der Waals surface area contributed by atoms with Crippen LogP contribution in [0.15, 0.2) is 18.2 Å². The van der Waals surface area contributed by atoms with E-state index in [0.717, 1.165) is 13.0 Å². The Bertz CT molecular complexity index is 416. The molecule has 1 heterocycles. The first kappa shape index (κ1) is 13.3. The van der Waals surface area contributed by atoms with Crippen molar-refractivity contribution < 1.29 is 13.9 Å². The van der Waals surface area contributed by atoms with Crippen molar-refractivity contribution in [3.63, 3.8) is 0 Å². The average Bonchev–Trinajstić information content (AvgIpc) is 2.75. The molecule has 0 unspecified atom stereocenters. The molecule has 2 rings (SSSR count). The zero-order valence-electron chi connectivity index (χ0n) is 11.1. The Morgan fingerprint density at radius 2 is 2.28 bits per heavy atom. The minimum Gasteiger partial charge on any atom is -0.497 e. The Hall–Kier alpha value is -1.13. The molecule has 1 aromatic rings. The number of rotatable bonds is 4. The highest BCUT2D eigenvalue weighted by Gasteiger charge is 2.31. The number of halogens is 1. The van der Waals surface area contributed by atoms with Crippen LogP contribution in [0.2, 0.25) is 0 Å². The van der Waals surface area contributed by atoms with Crippen molar-refractivity contribution in [2.75, 3.05) is 20.3 Å². The summed E-state index contributed by atoms with van der Waals surface area (Å²) in [6.45, 7) is 5.52. The molecule has 1 fully saturated rings. The van der Waals surface area contributed by atoms with E-state index < -0.39 is 0 Å². The van der Waals surface area contributed by atoms with Gasteiger partial charge in [-0.05, 0) is 26.3 Å². The zero-order valence-corrected chi connectivity index (χ0v) is 11.1. The van der Waals surface area contributed by atoms with Gasteiger partial charge in [0.15, 0.2) is 0 Å². The van der Waals surface area contributed by atoms with Gasteiger partial charge < -0.3 is 14.8 Å². The molecule has 0 saturated carbocycles. The lowest BCUT2D eigenvalue weighted by atomic mass is 9.98. The molecule has 1 saturated heterocycles. The van der Waals surface area contributed by atoms with Gasteiger partial charge in [-0.25, -0.2) is 4.39 Å². The number of benzene rings is 1. The van der Waals surface area contributed by atoms with E-state index in [1.807, 2.05) is 6.92 Å². The monoisotopic (exact) mass is 253 g/mol. The Morgan fingerprint density at radius 1 is 1.50 bits per heavy atom. The molecule has 3 nitrogen and oxygen atoms in total. The fourth-order valence-electron chi connectivity index (χ4n) is 2.37. The van der Waals surface area contributed by atoms with Crippen LogP contribution in [-0.2, 0) is 4.74 Å². The van der Waals surface area contributed by atoms with Gasteiger partial charge >= 0.3 is 0 Å². The summed E-state index contributed by atoms with van der Waals surface area (Å²) < 4.78 is 24.3. The van der Waals surface area contributed by atoms with Gasteiger partial charge in [0.2, 0.25) is 0 Å². The molecule has 4 heteroatoms. The summed E-state index contributed by atoms with van der Waals surface area (Å²) in [5, 5.41) is 3.44. The topological polar surface area (TPSA) is 30.5 Å². The van der Waals surface area contributed by atoms with Gasteiger partial charge in [0.1, 0.15) is 11.6 Å². The Balaban J connectivity index is 2.11. The number of ether oxygens (including phenoxy) is 2. The summed E-state index contributed by atoms with van der Waals surface area (Å²) in [5.74, 6) is 0.302. The third-order valence-electron chi connectivity index (χ3n) is 3.46. The van der Waals surface area contributed by atoms with E-state index in [0.29, 0.717) is 17.9 Å². The quantitative estimate of drug-likeness (QED) is 0.895. The molecule has 2 atom stereocenters. The van der Waals surface area contributed by atoms with Gasteiger partial charge in [0, 0.05) is 29.8 Å². The van der Waals surface area contributed by atoms with Gasteiger partial charge in [0.05, 0.1) is 13.7 Å². The number of nitrogens with one attached hydrogen (secondary N) is 1.